The van der Waals surface area contributed by atoms with Crippen molar-refractivity contribution in [3.8, 4) is 0 Å². The van der Waals surface area contributed by atoms with Crippen LogP contribution >= 0.6 is 0 Å². The van der Waals surface area contributed by atoms with Crippen molar-refractivity contribution in [2.45, 2.75) is 25.6 Å². The normalized spacial score (nSPS) is 21.1. The van der Waals surface area contributed by atoms with Crippen molar-refractivity contribution in [2.75, 3.05) is 26.3 Å². The topological polar surface area (TPSA) is 58.6 Å². The zero-order valence-electron chi connectivity index (χ0n) is 9.92. The molecule has 0 aromatic heterocycles. The summed E-state index contributed by atoms with van der Waals surface area (Å²) in [5, 5.41) is 2.43. The van der Waals surface area contributed by atoms with E-state index in [1.54, 1.807) is 6.92 Å². The minimum atomic E-state index is -4.38. The molecule has 18 heavy (non-hydrogen) atoms. The Kier molecular flexibility index (Phi) is 4.94. The van der Waals surface area contributed by atoms with Crippen molar-refractivity contribution in [1.29, 1.82) is 0 Å². The van der Waals surface area contributed by atoms with Gasteiger partial charge >= 0.3 is 6.18 Å². The van der Waals surface area contributed by atoms with E-state index in [9.17, 15) is 22.8 Å². The SMILES string of the molecule is CCC1C(=O)NCC(=O)N1CCOCC(F)(F)F. The fourth-order valence-corrected chi connectivity index (χ4v) is 1.73. The number of hydrogen-bond donors (Lipinski definition) is 1. The summed E-state index contributed by atoms with van der Waals surface area (Å²) in [4.78, 5) is 24.2. The lowest BCUT2D eigenvalue weighted by Crippen LogP contribution is -2.58. The van der Waals surface area contributed by atoms with Gasteiger partial charge in [-0.05, 0) is 6.42 Å². The van der Waals surface area contributed by atoms with Gasteiger partial charge in [0.1, 0.15) is 12.6 Å². The molecule has 1 unspecified atom stereocenters. The summed E-state index contributed by atoms with van der Waals surface area (Å²) in [5.74, 6) is -0.593. The molecule has 104 valence electrons. The maximum atomic E-state index is 11.8. The van der Waals surface area contributed by atoms with Gasteiger partial charge in [0, 0.05) is 6.54 Å². The minimum absolute atomic E-state index is 0.0131. The second-order valence-electron chi connectivity index (χ2n) is 3.90. The highest BCUT2D eigenvalue weighted by Crippen LogP contribution is 2.15. The van der Waals surface area contributed by atoms with Crippen LogP contribution in [0.2, 0.25) is 0 Å². The molecule has 0 saturated carbocycles. The molecule has 0 bridgehead atoms. The van der Waals surface area contributed by atoms with Gasteiger partial charge in [0.2, 0.25) is 11.8 Å². The maximum Gasteiger partial charge on any atom is 0.411 e. The zero-order chi connectivity index (χ0) is 13.8. The number of amides is 2. The third-order valence-electron chi connectivity index (χ3n) is 2.54. The lowest BCUT2D eigenvalue weighted by atomic mass is 10.1. The Morgan fingerprint density at radius 3 is 2.67 bits per heavy atom. The number of halogens is 3. The molecule has 1 aliphatic heterocycles. The molecule has 5 nitrogen and oxygen atoms in total. The number of hydrogen-bond acceptors (Lipinski definition) is 3. The van der Waals surface area contributed by atoms with E-state index in [0.29, 0.717) is 6.42 Å². The first-order chi connectivity index (χ1) is 8.35. The van der Waals surface area contributed by atoms with E-state index < -0.39 is 18.8 Å². The van der Waals surface area contributed by atoms with Crippen LogP contribution in [-0.4, -0.2) is 55.2 Å². The number of alkyl halides is 3. The minimum Gasteiger partial charge on any atom is -0.370 e. The maximum absolute atomic E-state index is 11.8. The molecule has 1 heterocycles. The molecule has 0 aliphatic carbocycles. The molecule has 8 heteroatoms. The van der Waals surface area contributed by atoms with E-state index in [2.05, 4.69) is 10.1 Å². The van der Waals surface area contributed by atoms with Crippen molar-refractivity contribution in [2.24, 2.45) is 0 Å². The van der Waals surface area contributed by atoms with E-state index in [0.717, 1.165) is 0 Å². The van der Waals surface area contributed by atoms with Crippen LogP contribution in [0.5, 0.6) is 0 Å². The Labute approximate surface area is 102 Å². The molecular formula is C10H15F3N2O3. The van der Waals surface area contributed by atoms with Crippen molar-refractivity contribution < 1.29 is 27.5 Å². The van der Waals surface area contributed by atoms with Crippen molar-refractivity contribution in [3.63, 3.8) is 0 Å². The molecule has 0 aromatic carbocycles. The average Bonchev–Trinajstić information content (AvgIpc) is 2.27. The average molecular weight is 268 g/mol. The van der Waals surface area contributed by atoms with Gasteiger partial charge in [-0.1, -0.05) is 6.92 Å². The Morgan fingerprint density at radius 1 is 1.44 bits per heavy atom. The number of nitrogens with one attached hydrogen (secondary N) is 1. The van der Waals surface area contributed by atoms with Crippen molar-refractivity contribution in [3.05, 3.63) is 0 Å². The second-order valence-corrected chi connectivity index (χ2v) is 3.90. The molecule has 0 spiro atoms. The summed E-state index contributed by atoms with van der Waals surface area (Å²) in [6.07, 6.45) is -3.97. The van der Waals surface area contributed by atoms with Gasteiger partial charge in [-0.3, -0.25) is 9.59 Å². The monoisotopic (exact) mass is 268 g/mol. The van der Waals surface area contributed by atoms with Gasteiger partial charge in [-0.15, -0.1) is 0 Å². The van der Waals surface area contributed by atoms with E-state index in [4.69, 9.17) is 0 Å². The number of nitrogens with zero attached hydrogens (tertiary/aromatic N) is 1. The first kappa shape index (κ1) is 14.7. The van der Waals surface area contributed by atoms with Crippen LogP contribution in [0.3, 0.4) is 0 Å². The van der Waals surface area contributed by atoms with Crippen LogP contribution in [0.4, 0.5) is 13.2 Å². The molecule has 1 atom stereocenters. The highest BCUT2D eigenvalue weighted by Gasteiger charge is 2.33. The predicted octanol–water partition coefficient (Wildman–Crippen LogP) is 0.302. The Hall–Kier alpha value is -1.31. The van der Waals surface area contributed by atoms with Gasteiger partial charge in [-0.25, -0.2) is 0 Å². The predicted molar refractivity (Wildman–Crippen MR) is 55.7 cm³/mol. The summed E-state index contributed by atoms with van der Waals surface area (Å²) < 4.78 is 39.9. The highest BCUT2D eigenvalue weighted by atomic mass is 19.4. The molecule has 0 aromatic rings. The number of carbonyl (C=O) groups is 2. The van der Waals surface area contributed by atoms with Gasteiger partial charge in [0.25, 0.3) is 0 Å². The summed E-state index contributed by atoms with van der Waals surface area (Å²) in [6, 6.07) is -0.624. The zero-order valence-corrected chi connectivity index (χ0v) is 9.92. The standard InChI is InChI=1S/C10H15F3N2O3/c1-2-7-9(17)14-5-8(16)15(7)3-4-18-6-10(11,12)13/h7H,2-6H2,1H3,(H,14,17). The highest BCUT2D eigenvalue weighted by molar-refractivity contribution is 5.94. The van der Waals surface area contributed by atoms with Crippen LogP contribution < -0.4 is 5.32 Å². The molecule has 1 aliphatic rings. The van der Waals surface area contributed by atoms with Crippen LogP contribution in [0, 0.1) is 0 Å². The molecular weight excluding hydrogens is 253 g/mol. The molecule has 1 N–H and O–H groups in total. The summed E-state index contributed by atoms with van der Waals surface area (Å²) in [6.45, 7) is 0.00884. The first-order valence-electron chi connectivity index (χ1n) is 5.57. The molecule has 2 amide bonds. The largest absolute Gasteiger partial charge is 0.411 e. The lowest BCUT2D eigenvalue weighted by Gasteiger charge is -2.34. The fraction of sp³-hybridized carbons (Fsp3) is 0.800. The summed E-state index contributed by atoms with van der Waals surface area (Å²) in [7, 11) is 0. The second kappa shape index (κ2) is 6.03. The van der Waals surface area contributed by atoms with Gasteiger partial charge in [0.15, 0.2) is 0 Å². The lowest BCUT2D eigenvalue weighted by molar-refractivity contribution is -0.175. The van der Waals surface area contributed by atoms with E-state index in [1.807, 2.05) is 0 Å². The third kappa shape index (κ3) is 4.17. The van der Waals surface area contributed by atoms with Crippen molar-refractivity contribution in [1.82, 2.24) is 10.2 Å². The summed E-state index contributed by atoms with van der Waals surface area (Å²) >= 11 is 0. The molecule has 1 fully saturated rings. The van der Waals surface area contributed by atoms with Crippen LogP contribution in [-0.2, 0) is 14.3 Å². The summed E-state index contributed by atoms with van der Waals surface area (Å²) in [5.41, 5.74) is 0. The number of rotatable bonds is 5. The van der Waals surface area contributed by atoms with E-state index >= 15 is 0 Å². The number of carbonyl (C=O) groups excluding carboxylic acids is 2. The van der Waals surface area contributed by atoms with Gasteiger partial charge < -0.3 is 15.0 Å². The Balaban J connectivity index is 2.42. The molecule has 0 radical (unpaired) electrons. The van der Waals surface area contributed by atoms with Crippen LogP contribution in [0.1, 0.15) is 13.3 Å². The number of piperazine rings is 1. The van der Waals surface area contributed by atoms with Gasteiger partial charge in [-0.2, -0.15) is 13.2 Å². The molecule has 1 rings (SSSR count). The molecule has 1 saturated heterocycles. The fourth-order valence-electron chi connectivity index (χ4n) is 1.73. The van der Waals surface area contributed by atoms with Gasteiger partial charge in [0.05, 0.1) is 13.2 Å². The smallest absolute Gasteiger partial charge is 0.370 e. The Morgan fingerprint density at radius 2 is 2.11 bits per heavy atom. The Bertz CT molecular complexity index is 320. The third-order valence-corrected chi connectivity index (χ3v) is 2.54. The number of ether oxygens (including phenoxy) is 1. The van der Waals surface area contributed by atoms with Crippen LogP contribution in [0.15, 0.2) is 0 Å². The quantitative estimate of drug-likeness (QED) is 0.730. The first-order valence-corrected chi connectivity index (χ1v) is 5.57. The van der Waals surface area contributed by atoms with E-state index in [-0.39, 0.29) is 31.5 Å². The van der Waals surface area contributed by atoms with Crippen molar-refractivity contribution >= 4 is 11.8 Å². The van der Waals surface area contributed by atoms with E-state index in [1.165, 1.54) is 4.90 Å². The van der Waals surface area contributed by atoms with Crippen LogP contribution in [0.25, 0.3) is 0 Å².